The Hall–Kier alpha value is -2.50. The quantitative estimate of drug-likeness (QED) is 0.363. The van der Waals surface area contributed by atoms with Crippen molar-refractivity contribution in [3.8, 4) is 11.5 Å². The van der Waals surface area contributed by atoms with Gasteiger partial charge < -0.3 is 19.3 Å². The molecule has 0 atom stereocenters. The molecule has 0 spiro atoms. The molecule has 1 N–H and O–H groups in total. The van der Waals surface area contributed by atoms with Crippen LogP contribution in [0.3, 0.4) is 0 Å². The SMILES string of the molecule is CCCCCOC(=O)CC/C(C)=C/Cc1c(O)c2c(c(C)c1OC)COC2=O. The van der Waals surface area contributed by atoms with Crippen molar-refractivity contribution in [2.45, 2.75) is 65.9 Å². The standard InChI is InChI=1S/C22H30O6/c1-5-6-7-12-27-18(23)11-9-14(2)8-10-16-20(24)19-17(13-28-22(19)25)15(3)21(16)26-4/h8,24H,5-7,9-13H2,1-4H3/b14-8+. The van der Waals surface area contributed by atoms with Crippen LogP contribution < -0.4 is 4.74 Å². The summed E-state index contributed by atoms with van der Waals surface area (Å²) in [6.45, 7) is 6.52. The van der Waals surface area contributed by atoms with E-state index in [0.717, 1.165) is 30.4 Å². The molecule has 0 unspecified atom stereocenters. The van der Waals surface area contributed by atoms with Gasteiger partial charge >= 0.3 is 11.9 Å². The Balaban J connectivity index is 2.03. The van der Waals surface area contributed by atoms with Gasteiger partial charge in [-0.15, -0.1) is 0 Å². The van der Waals surface area contributed by atoms with Crippen LogP contribution in [0.2, 0.25) is 0 Å². The largest absolute Gasteiger partial charge is 0.507 e. The fourth-order valence-corrected chi connectivity index (χ4v) is 3.32. The number of fused-ring (bicyclic) bond motifs is 1. The van der Waals surface area contributed by atoms with Crippen molar-refractivity contribution < 1.29 is 28.9 Å². The molecule has 1 aliphatic heterocycles. The van der Waals surface area contributed by atoms with Crippen molar-refractivity contribution in [1.29, 1.82) is 0 Å². The van der Waals surface area contributed by atoms with Crippen molar-refractivity contribution in [3.05, 3.63) is 33.9 Å². The lowest BCUT2D eigenvalue weighted by molar-refractivity contribution is -0.143. The van der Waals surface area contributed by atoms with Gasteiger partial charge in [0.2, 0.25) is 0 Å². The van der Waals surface area contributed by atoms with Crippen LogP contribution in [0.5, 0.6) is 11.5 Å². The summed E-state index contributed by atoms with van der Waals surface area (Å²) in [5.74, 6) is -0.223. The number of carbonyl (C=O) groups excluding carboxylic acids is 2. The molecular formula is C22H30O6. The van der Waals surface area contributed by atoms with Gasteiger partial charge in [-0.3, -0.25) is 4.79 Å². The summed E-state index contributed by atoms with van der Waals surface area (Å²) in [6.07, 6.45) is 6.30. The van der Waals surface area contributed by atoms with E-state index in [2.05, 4.69) is 6.92 Å². The number of carbonyl (C=O) groups is 2. The first-order valence-electron chi connectivity index (χ1n) is 9.80. The van der Waals surface area contributed by atoms with Crippen LogP contribution >= 0.6 is 0 Å². The van der Waals surface area contributed by atoms with Crippen LogP contribution in [0, 0.1) is 6.92 Å². The number of methoxy groups -OCH3 is 1. The lowest BCUT2D eigenvalue weighted by Crippen LogP contribution is -2.06. The fraction of sp³-hybridized carbons (Fsp3) is 0.545. The number of unbranched alkanes of at least 4 members (excludes halogenated alkanes) is 2. The third kappa shape index (κ3) is 5.06. The summed E-state index contributed by atoms with van der Waals surface area (Å²) in [7, 11) is 1.54. The van der Waals surface area contributed by atoms with E-state index in [0.29, 0.717) is 42.7 Å². The van der Waals surface area contributed by atoms with Crippen LogP contribution in [0.4, 0.5) is 0 Å². The third-order valence-electron chi connectivity index (χ3n) is 5.04. The Bertz CT molecular complexity index is 763. The van der Waals surface area contributed by atoms with Gasteiger partial charge in [0.25, 0.3) is 0 Å². The van der Waals surface area contributed by atoms with Gasteiger partial charge in [0.1, 0.15) is 23.7 Å². The molecule has 0 saturated carbocycles. The molecule has 0 bridgehead atoms. The maximum absolute atomic E-state index is 11.9. The lowest BCUT2D eigenvalue weighted by Gasteiger charge is -2.15. The number of hydrogen-bond donors (Lipinski definition) is 1. The average molecular weight is 390 g/mol. The van der Waals surface area contributed by atoms with Crippen LogP contribution in [-0.4, -0.2) is 30.8 Å². The van der Waals surface area contributed by atoms with E-state index in [9.17, 15) is 14.7 Å². The summed E-state index contributed by atoms with van der Waals surface area (Å²) < 4.78 is 15.8. The number of hydrogen-bond acceptors (Lipinski definition) is 6. The van der Waals surface area contributed by atoms with E-state index in [1.165, 1.54) is 0 Å². The Morgan fingerprint density at radius 3 is 2.71 bits per heavy atom. The smallest absolute Gasteiger partial charge is 0.342 e. The van der Waals surface area contributed by atoms with Crippen LogP contribution in [0.15, 0.2) is 11.6 Å². The molecule has 1 aromatic carbocycles. The van der Waals surface area contributed by atoms with Gasteiger partial charge in [-0.2, -0.15) is 0 Å². The molecular weight excluding hydrogens is 360 g/mol. The van der Waals surface area contributed by atoms with Crippen molar-refractivity contribution in [2.75, 3.05) is 13.7 Å². The fourth-order valence-electron chi connectivity index (χ4n) is 3.32. The monoisotopic (exact) mass is 390 g/mol. The molecule has 0 aromatic heterocycles. The molecule has 1 aliphatic rings. The van der Waals surface area contributed by atoms with Crippen molar-refractivity contribution in [1.82, 2.24) is 0 Å². The van der Waals surface area contributed by atoms with Gasteiger partial charge in [0.05, 0.1) is 13.7 Å². The van der Waals surface area contributed by atoms with Gasteiger partial charge in [-0.05, 0) is 38.7 Å². The molecule has 1 heterocycles. The van der Waals surface area contributed by atoms with Gasteiger partial charge in [-0.1, -0.05) is 31.4 Å². The first-order chi connectivity index (χ1) is 13.4. The first-order valence-corrected chi connectivity index (χ1v) is 9.80. The summed E-state index contributed by atoms with van der Waals surface area (Å²) in [6, 6.07) is 0. The molecule has 0 amide bonds. The number of phenols is 1. The minimum absolute atomic E-state index is 0.0840. The maximum Gasteiger partial charge on any atom is 0.342 e. The summed E-state index contributed by atoms with van der Waals surface area (Å²) in [5.41, 5.74) is 3.27. The summed E-state index contributed by atoms with van der Waals surface area (Å²) >= 11 is 0. The second-order valence-corrected chi connectivity index (χ2v) is 7.10. The molecule has 6 nitrogen and oxygen atoms in total. The number of esters is 2. The summed E-state index contributed by atoms with van der Waals surface area (Å²) in [4.78, 5) is 23.7. The number of rotatable bonds is 10. The number of aromatic hydroxyl groups is 1. The Kier molecular flexibility index (Phi) is 7.91. The number of phenolic OH excluding ortho intramolecular Hbond substituents is 1. The first kappa shape index (κ1) is 21.8. The Morgan fingerprint density at radius 1 is 1.29 bits per heavy atom. The number of cyclic esters (lactones) is 1. The minimum Gasteiger partial charge on any atom is -0.507 e. The zero-order valence-corrected chi connectivity index (χ0v) is 17.2. The molecule has 28 heavy (non-hydrogen) atoms. The van der Waals surface area contributed by atoms with Crippen molar-refractivity contribution in [3.63, 3.8) is 0 Å². The van der Waals surface area contributed by atoms with Gasteiger partial charge in [0, 0.05) is 17.5 Å². The molecule has 0 radical (unpaired) electrons. The zero-order chi connectivity index (χ0) is 20.7. The number of allylic oxidation sites excluding steroid dienone is 2. The molecule has 6 heteroatoms. The molecule has 154 valence electrons. The minimum atomic E-state index is -0.508. The molecule has 0 aliphatic carbocycles. The van der Waals surface area contributed by atoms with E-state index >= 15 is 0 Å². The topological polar surface area (TPSA) is 82.1 Å². The van der Waals surface area contributed by atoms with E-state index in [1.807, 2.05) is 19.9 Å². The number of benzene rings is 1. The maximum atomic E-state index is 11.9. The second-order valence-electron chi connectivity index (χ2n) is 7.10. The highest BCUT2D eigenvalue weighted by molar-refractivity contribution is 5.98. The average Bonchev–Trinajstić information content (AvgIpc) is 3.07. The van der Waals surface area contributed by atoms with Crippen LogP contribution in [0.1, 0.15) is 73.0 Å². The highest BCUT2D eigenvalue weighted by Gasteiger charge is 2.31. The van der Waals surface area contributed by atoms with E-state index in [4.69, 9.17) is 14.2 Å². The predicted octanol–water partition coefficient (Wildman–Crippen LogP) is 4.38. The van der Waals surface area contributed by atoms with E-state index in [1.54, 1.807) is 7.11 Å². The Labute approximate surface area is 166 Å². The zero-order valence-electron chi connectivity index (χ0n) is 17.2. The van der Waals surface area contributed by atoms with Crippen molar-refractivity contribution >= 4 is 11.9 Å². The lowest BCUT2D eigenvalue weighted by atomic mass is 9.94. The Morgan fingerprint density at radius 2 is 2.04 bits per heavy atom. The van der Waals surface area contributed by atoms with Gasteiger partial charge in [-0.25, -0.2) is 4.79 Å². The van der Waals surface area contributed by atoms with Gasteiger partial charge in [0.15, 0.2) is 0 Å². The molecule has 0 fully saturated rings. The normalized spacial score (nSPS) is 13.3. The van der Waals surface area contributed by atoms with E-state index < -0.39 is 5.97 Å². The molecule has 2 rings (SSSR count). The second kappa shape index (κ2) is 10.2. The van der Waals surface area contributed by atoms with Crippen LogP contribution in [-0.2, 0) is 27.3 Å². The molecule has 0 saturated heterocycles. The highest BCUT2D eigenvalue weighted by Crippen LogP contribution is 2.42. The number of ether oxygens (including phenoxy) is 3. The predicted molar refractivity (Wildman–Crippen MR) is 106 cm³/mol. The van der Waals surface area contributed by atoms with E-state index in [-0.39, 0.29) is 23.9 Å². The van der Waals surface area contributed by atoms with Crippen molar-refractivity contribution in [2.24, 2.45) is 0 Å². The summed E-state index contributed by atoms with van der Waals surface area (Å²) in [5, 5.41) is 10.6. The third-order valence-corrected chi connectivity index (χ3v) is 5.04. The molecule has 1 aromatic rings. The van der Waals surface area contributed by atoms with Crippen LogP contribution in [0.25, 0.3) is 0 Å². The highest BCUT2D eigenvalue weighted by atomic mass is 16.5.